The number of hydrogen-bond acceptors (Lipinski definition) is 3. The second-order valence-electron chi connectivity index (χ2n) is 7.09. The molecule has 5 nitrogen and oxygen atoms in total. The normalized spacial score (nSPS) is 17.2. The number of carbonyl (C=O) groups is 1. The number of piperidine rings is 1. The van der Waals surface area contributed by atoms with Crippen LogP contribution in [0.3, 0.4) is 0 Å². The van der Waals surface area contributed by atoms with Crippen molar-refractivity contribution in [3.63, 3.8) is 0 Å². The molecule has 0 unspecified atom stereocenters. The van der Waals surface area contributed by atoms with Crippen molar-refractivity contribution in [3.8, 4) is 5.75 Å². The van der Waals surface area contributed by atoms with E-state index in [0.29, 0.717) is 6.54 Å². The first-order chi connectivity index (χ1) is 11.4. The van der Waals surface area contributed by atoms with Crippen LogP contribution in [-0.4, -0.2) is 29.3 Å². The Morgan fingerprint density at radius 2 is 1.96 bits per heavy atom. The summed E-state index contributed by atoms with van der Waals surface area (Å²) in [6.45, 7) is 7.41. The van der Waals surface area contributed by atoms with Gasteiger partial charge in [0.25, 0.3) is 0 Å². The summed E-state index contributed by atoms with van der Waals surface area (Å²) in [6.07, 6.45) is 1.96. The van der Waals surface area contributed by atoms with Gasteiger partial charge in [0.15, 0.2) is 0 Å². The molecule has 128 valence electrons. The van der Waals surface area contributed by atoms with Crippen LogP contribution in [0.4, 0.5) is 5.82 Å². The first-order valence-electron chi connectivity index (χ1n) is 8.40. The fourth-order valence-corrected chi connectivity index (χ4v) is 3.24. The summed E-state index contributed by atoms with van der Waals surface area (Å²) in [5, 5.41) is 4.60. The summed E-state index contributed by atoms with van der Waals surface area (Å²) in [5.41, 5.74) is 1.75. The van der Waals surface area contributed by atoms with Crippen LogP contribution >= 0.6 is 0 Å². The number of aryl methyl sites for hydroxylation is 1. The van der Waals surface area contributed by atoms with Gasteiger partial charge >= 0.3 is 0 Å². The van der Waals surface area contributed by atoms with Crippen molar-refractivity contribution in [3.05, 3.63) is 41.6 Å². The Balaban J connectivity index is 1.88. The van der Waals surface area contributed by atoms with E-state index in [4.69, 9.17) is 4.74 Å². The number of ether oxygens (including phenoxy) is 1. The summed E-state index contributed by atoms with van der Waals surface area (Å²) in [4.78, 5) is 14.7. The minimum absolute atomic E-state index is 0.185. The van der Waals surface area contributed by atoms with Gasteiger partial charge < -0.3 is 4.74 Å². The fraction of sp³-hybridized carbons (Fsp3) is 0.474. The SMILES string of the molecule is COc1ccc(Cn2nc(C)cc2N2CCCC(C)(C)C2=O)cc1. The number of amides is 1. The Labute approximate surface area is 143 Å². The van der Waals surface area contributed by atoms with Crippen LogP contribution in [-0.2, 0) is 11.3 Å². The predicted molar refractivity (Wildman–Crippen MR) is 94.4 cm³/mol. The van der Waals surface area contributed by atoms with Crippen molar-refractivity contribution in [1.29, 1.82) is 0 Å². The molecule has 0 radical (unpaired) electrons. The van der Waals surface area contributed by atoms with Gasteiger partial charge in [-0.1, -0.05) is 26.0 Å². The number of carbonyl (C=O) groups excluding carboxylic acids is 1. The Morgan fingerprint density at radius 1 is 1.25 bits per heavy atom. The van der Waals surface area contributed by atoms with E-state index in [-0.39, 0.29) is 11.3 Å². The Hall–Kier alpha value is -2.30. The summed E-state index contributed by atoms with van der Waals surface area (Å²) in [5.74, 6) is 1.91. The molecule has 1 aromatic carbocycles. The van der Waals surface area contributed by atoms with Crippen molar-refractivity contribution in [2.75, 3.05) is 18.6 Å². The summed E-state index contributed by atoms with van der Waals surface area (Å²) < 4.78 is 7.13. The number of aromatic nitrogens is 2. The fourth-order valence-electron chi connectivity index (χ4n) is 3.24. The molecule has 0 atom stereocenters. The second-order valence-corrected chi connectivity index (χ2v) is 7.09. The monoisotopic (exact) mass is 327 g/mol. The average molecular weight is 327 g/mol. The molecular weight excluding hydrogens is 302 g/mol. The first-order valence-corrected chi connectivity index (χ1v) is 8.40. The van der Waals surface area contributed by atoms with Crippen LogP contribution in [0.5, 0.6) is 5.75 Å². The molecule has 1 aromatic heterocycles. The average Bonchev–Trinajstić information content (AvgIpc) is 2.91. The number of hydrogen-bond donors (Lipinski definition) is 0. The highest BCUT2D eigenvalue weighted by Gasteiger charge is 2.37. The molecule has 1 saturated heterocycles. The van der Waals surface area contributed by atoms with Crippen molar-refractivity contribution in [1.82, 2.24) is 9.78 Å². The van der Waals surface area contributed by atoms with Crippen LogP contribution in [0.15, 0.2) is 30.3 Å². The van der Waals surface area contributed by atoms with Gasteiger partial charge in [-0.3, -0.25) is 9.69 Å². The maximum Gasteiger partial charge on any atom is 0.233 e. The topological polar surface area (TPSA) is 47.4 Å². The highest BCUT2D eigenvalue weighted by atomic mass is 16.5. The lowest BCUT2D eigenvalue weighted by Crippen LogP contribution is -2.46. The lowest BCUT2D eigenvalue weighted by molar-refractivity contribution is -0.128. The minimum Gasteiger partial charge on any atom is -0.497 e. The molecule has 24 heavy (non-hydrogen) atoms. The molecule has 0 bridgehead atoms. The Bertz CT molecular complexity index is 732. The zero-order valence-electron chi connectivity index (χ0n) is 14.9. The summed E-state index contributed by atoms with van der Waals surface area (Å²) in [7, 11) is 1.66. The molecule has 2 aromatic rings. The first kappa shape index (κ1) is 16.6. The molecule has 1 aliphatic heterocycles. The van der Waals surface area contributed by atoms with E-state index in [1.807, 2.05) is 60.7 Å². The molecule has 5 heteroatoms. The van der Waals surface area contributed by atoms with Crippen molar-refractivity contribution >= 4 is 11.7 Å². The highest BCUT2D eigenvalue weighted by molar-refractivity contribution is 5.97. The largest absolute Gasteiger partial charge is 0.497 e. The lowest BCUT2D eigenvalue weighted by atomic mass is 9.83. The van der Waals surface area contributed by atoms with E-state index in [1.165, 1.54) is 0 Å². The summed E-state index contributed by atoms with van der Waals surface area (Å²) in [6, 6.07) is 9.95. The lowest BCUT2D eigenvalue weighted by Gasteiger charge is -2.37. The smallest absolute Gasteiger partial charge is 0.233 e. The van der Waals surface area contributed by atoms with Gasteiger partial charge in [0.05, 0.1) is 19.3 Å². The van der Waals surface area contributed by atoms with Crippen molar-refractivity contribution in [2.24, 2.45) is 5.41 Å². The number of nitrogens with zero attached hydrogens (tertiary/aromatic N) is 3. The number of rotatable bonds is 4. The third-order valence-corrected chi connectivity index (χ3v) is 4.66. The Kier molecular flexibility index (Phi) is 4.35. The van der Waals surface area contributed by atoms with Crippen LogP contribution in [0, 0.1) is 12.3 Å². The second kappa shape index (κ2) is 6.30. The van der Waals surface area contributed by atoms with Crippen LogP contribution in [0.2, 0.25) is 0 Å². The minimum atomic E-state index is -0.304. The standard InChI is InChI=1S/C19H25N3O2/c1-14-12-17(21-11-5-10-19(2,3)18(21)23)22(20-14)13-15-6-8-16(24-4)9-7-15/h6-9,12H,5,10-11,13H2,1-4H3. The van der Waals surface area contributed by atoms with E-state index >= 15 is 0 Å². The number of anilines is 1. The van der Waals surface area contributed by atoms with Crippen LogP contribution in [0.25, 0.3) is 0 Å². The zero-order chi connectivity index (χ0) is 17.3. The van der Waals surface area contributed by atoms with Gasteiger partial charge in [0.1, 0.15) is 11.6 Å². The quantitative estimate of drug-likeness (QED) is 0.864. The van der Waals surface area contributed by atoms with Crippen LogP contribution < -0.4 is 9.64 Å². The van der Waals surface area contributed by atoms with E-state index < -0.39 is 0 Å². The molecule has 0 spiro atoms. The predicted octanol–water partition coefficient (Wildman–Crippen LogP) is 3.40. The molecule has 1 amide bonds. The highest BCUT2D eigenvalue weighted by Crippen LogP contribution is 2.33. The maximum absolute atomic E-state index is 12.8. The van der Waals surface area contributed by atoms with Gasteiger partial charge in [-0.05, 0) is 37.5 Å². The van der Waals surface area contributed by atoms with E-state index in [1.54, 1.807) is 7.11 Å². The third kappa shape index (κ3) is 3.16. The maximum atomic E-state index is 12.8. The molecule has 2 heterocycles. The molecule has 0 saturated carbocycles. The van der Waals surface area contributed by atoms with Crippen molar-refractivity contribution < 1.29 is 9.53 Å². The summed E-state index contributed by atoms with van der Waals surface area (Å²) >= 11 is 0. The van der Waals surface area contributed by atoms with E-state index in [9.17, 15) is 4.79 Å². The van der Waals surface area contributed by atoms with Gasteiger partial charge in [0.2, 0.25) is 5.91 Å². The molecule has 3 rings (SSSR count). The van der Waals surface area contributed by atoms with Gasteiger partial charge in [0, 0.05) is 18.0 Å². The van der Waals surface area contributed by atoms with E-state index in [0.717, 1.165) is 42.2 Å². The number of benzene rings is 1. The van der Waals surface area contributed by atoms with E-state index in [2.05, 4.69) is 5.10 Å². The molecule has 1 fully saturated rings. The molecule has 0 aliphatic carbocycles. The third-order valence-electron chi connectivity index (χ3n) is 4.66. The molecule has 0 N–H and O–H groups in total. The zero-order valence-corrected chi connectivity index (χ0v) is 14.9. The van der Waals surface area contributed by atoms with Gasteiger partial charge in [-0.15, -0.1) is 0 Å². The Morgan fingerprint density at radius 3 is 2.62 bits per heavy atom. The van der Waals surface area contributed by atoms with Gasteiger partial charge in [-0.25, -0.2) is 4.68 Å². The van der Waals surface area contributed by atoms with Gasteiger partial charge in [-0.2, -0.15) is 5.10 Å². The molecular formula is C19H25N3O2. The molecule has 1 aliphatic rings. The van der Waals surface area contributed by atoms with Crippen molar-refractivity contribution in [2.45, 2.75) is 40.2 Å². The van der Waals surface area contributed by atoms with Crippen LogP contribution in [0.1, 0.15) is 37.9 Å². The number of methoxy groups -OCH3 is 1.